The summed E-state index contributed by atoms with van der Waals surface area (Å²) in [6, 6.07) is 36.9. The molecule has 52 heavy (non-hydrogen) atoms. The van der Waals surface area contributed by atoms with Crippen LogP contribution in [0, 0.1) is 6.92 Å². The molecule has 1 heterocycles. The highest BCUT2D eigenvalue weighted by molar-refractivity contribution is 7.85. The van der Waals surface area contributed by atoms with Crippen molar-refractivity contribution in [1.82, 2.24) is 4.98 Å². The van der Waals surface area contributed by atoms with Crippen LogP contribution in [0.25, 0.3) is 33.7 Å². The Morgan fingerprint density at radius 3 is 2.02 bits per heavy atom. The third-order valence-corrected chi connectivity index (χ3v) is 10.1. The molecular formula is C43H42N2O6S. The molecule has 8 nitrogen and oxygen atoms in total. The van der Waals surface area contributed by atoms with Crippen LogP contribution in [-0.4, -0.2) is 35.4 Å². The number of nitrogens with one attached hydrogen (secondary N) is 1. The molecule has 0 aliphatic carbocycles. The molecule has 6 aromatic rings. The molecule has 1 atom stereocenters. The summed E-state index contributed by atoms with van der Waals surface area (Å²) in [5, 5.41) is 3.09. The van der Waals surface area contributed by atoms with Gasteiger partial charge in [0.15, 0.2) is 11.4 Å². The van der Waals surface area contributed by atoms with Crippen molar-refractivity contribution in [3.8, 4) is 22.6 Å². The molecule has 9 heteroatoms. The summed E-state index contributed by atoms with van der Waals surface area (Å²) in [5.41, 5.74) is 9.57. The van der Waals surface area contributed by atoms with Crippen LogP contribution in [0.3, 0.4) is 0 Å². The topological polar surface area (TPSA) is 127 Å². The fourth-order valence-electron chi connectivity index (χ4n) is 6.19. The predicted molar refractivity (Wildman–Crippen MR) is 206 cm³/mol. The molecule has 0 saturated carbocycles. The van der Waals surface area contributed by atoms with Crippen LogP contribution in [0.5, 0.6) is 0 Å². The minimum absolute atomic E-state index is 0.000283. The first-order valence-electron chi connectivity index (χ1n) is 17.3. The normalized spacial score (nSPS) is 12.5. The zero-order chi connectivity index (χ0) is 37.0. The maximum absolute atomic E-state index is 14.0. The molecule has 0 fully saturated rings. The number of para-hydroxylation sites is 1. The van der Waals surface area contributed by atoms with Gasteiger partial charge in [0.2, 0.25) is 11.8 Å². The van der Waals surface area contributed by atoms with E-state index < -0.39 is 21.8 Å². The van der Waals surface area contributed by atoms with Gasteiger partial charge in [-0.15, -0.1) is 0 Å². The van der Waals surface area contributed by atoms with Gasteiger partial charge in [0.25, 0.3) is 10.1 Å². The van der Waals surface area contributed by atoms with Crippen LogP contribution in [0.4, 0.5) is 5.69 Å². The number of carbonyl (C=O) groups is 2. The van der Waals surface area contributed by atoms with Gasteiger partial charge in [0.1, 0.15) is 5.52 Å². The van der Waals surface area contributed by atoms with Crippen LogP contribution < -0.4 is 5.32 Å². The van der Waals surface area contributed by atoms with Crippen molar-refractivity contribution in [2.24, 2.45) is 0 Å². The maximum Gasteiger partial charge on any atom is 0.264 e. The lowest BCUT2D eigenvalue weighted by atomic mass is 9.86. The number of aryl methyl sites for hydroxylation is 1. The van der Waals surface area contributed by atoms with E-state index >= 15 is 0 Å². The zero-order valence-corrected chi connectivity index (χ0v) is 30.5. The fourth-order valence-corrected chi connectivity index (χ4v) is 6.70. The number of hydrogen-bond donors (Lipinski definition) is 2. The quantitative estimate of drug-likeness (QED) is 0.0955. The molecule has 6 rings (SSSR count). The number of ketones is 1. The smallest absolute Gasteiger partial charge is 0.264 e. The number of fused-ring (bicyclic) bond motifs is 1. The van der Waals surface area contributed by atoms with E-state index in [1.54, 1.807) is 12.1 Å². The van der Waals surface area contributed by atoms with E-state index in [4.69, 9.17) is 8.97 Å². The average Bonchev–Trinajstić information content (AvgIpc) is 3.56. The predicted octanol–water partition coefficient (Wildman–Crippen LogP) is 9.58. The van der Waals surface area contributed by atoms with Crippen LogP contribution in [0.1, 0.15) is 72.1 Å². The van der Waals surface area contributed by atoms with E-state index in [1.807, 2.05) is 85.8 Å². The second-order valence-corrected chi connectivity index (χ2v) is 15.8. The number of hydrogen-bond acceptors (Lipinski definition) is 6. The zero-order valence-electron chi connectivity index (χ0n) is 29.7. The molecule has 0 aliphatic heterocycles. The third-order valence-electron chi connectivity index (χ3n) is 9.25. The Morgan fingerprint density at radius 1 is 0.808 bits per heavy atom. The number of rotatable bonds is 12. The molecule has 5 aromatic carbocycles. The first-order valence-corrected chi connectivity index (χ1v) is 18.9. The van der Waals surface area contributed by atoms with Crippen LogP contribution in [0.15, 0.2) is 120 Å². The third kappa shape index (κ3) is 8.91. The van der Waals surface area contributed by atoms with Crippen molar-refractivity contribution in [3.63, 3.8) is 0 Å². The van der Waals surface area contributed by atoms with E-state index in [-0.39, 0.29) is 29.9 Å². The van der Waals surface area contributed by atoms with Crippen molar-refractivity contribution in [2.45, 2.75) is 58.3 Å². The molecular weight excluding hydrogens is 673 g/mol. The minimum Gasteiger partial charge on any atom is -0.436 e. The Labute approximate surface area is 304 Å². The highest BCUT2D eigenvalue weighted by Gasteiger charge is 2.23. The number of carbonyl (C=O) groups excluding carboxylic acids is 2. The number of benzene rings is 5. The number of Topliss-reactive ketones (excluding diaryl/α,β-unsaturated/α-hetero) is 1. The van der Waals surface area contributed by atoms with Crippen molar-refractivity contribution in [2.75, 3.05) is 11.1 Å². The lowest BCUT2D eigenvalue weighted by Gasteiger charge is -2.20. The van der Waals surface area contributed by atoms with Gasteiger partial charge in [0.05, 0.1) is 11.7 Å². The largest absolute Gasteiger partial charge is 0.436 e. The Hall–Kier alpha value is -5.38. The Bertz CT molecular complexity index is 2300. The summed E-state index contributed by atoms with van der Waals surface area (Å²) in [6.45, 7) is 8.55. The van der Waals surface area contributed by atoms with Gasteiger partial charge in [-0.2, -0.15) is 8.42 Å². The lowest BCUT2D eigenvalue weighted by molar-refractivity contribution is -0.117. The summed E-state index contributed by atoms with van der Waals surface area (Å²) < 4.78 is 37.1. The maximum atomic E-state index is 14.0. The number of anilines is 1. The molecule has 0 aliphatic rings. The van der Waals surface area contributed by atoms with Gasteiger partial charge in [0, 0.05) is 23.2 Å². The molecule has 0 saturated heterocycles. The molecule has 2 N–H and O–H groups in total. The van der Waals surface area contributed by atoms with Gasteiger partial charge < -0.3 is 9.73 Å². The highest BCUT2D eigenvalue weighted by atomic mass is 32.2. The van der Waals surface area contributed by atoms with Gasteiger partial charge >= 0.3 is 0 Å². The second-order valence-electron chi connectivity index (χ2n) is 14.2. The summed E-state index contributed by atoms with van der Waals surface area (Å²) in [6.07, 6.45) is 0.414. The van der Waals surface area contributed by atoms with Crippen molar-refractivity contribution in [3.05, 3.63) is 143 Å². The van der Waals surface area contributed by atoms with E-state index in [0.29, 0.717) is 23.6 Å². The molecule has 1 amide bonds. The molecule has 0 unspecified atom stereocenters. The molecule has 0 radical (unpaired) electrons. The first kappa shape index (κ1) is 36.4. The van der Waals surface area contributed by atoms with E-state index in [1.165, 1.54) is 5.56 Å². The van der Waals surface area contributed by atoms with E-state index in [2.05, 4.69) is 55.3 Å². The van der Waals surface area contributed by atoms with Crippen molar-refractivity contribution in [1.29, 1.82) is 0 Å². The Kier molecular flexibility index (Phi) is 10.6. The standard InChI is InChI=1S/C43H42N2O6S/c1-28-7-5-8-38-40(28)51-42(45-38)34-20-24-36(25-21-34)44-41(47)37(27-29-10-12-33(13-11-29)39(46)9-6-26-52(48,49)50)32-16-14-30(15-17-32)31-18-22-35(23-19-31)43(2,3)4/h5,7-8,10-25,37H,6,9,26-27H2,1-4H3,(H,44,47)(H,48,49,50)/t37-/m0/s1. The number of aromatic nitrogens is 1. The minimum atomic E-state index is -4.12. The Balaban J connectivity index is 1.22. The summed E-state index contributed by atoms with van der Waals surface area (Å²) in [7, 11) is -4.12. The van der Waals surface area contributed by atoms with Crippen LogP contribution in [0.2, 0.25) is 0 Å². The van der Waals surface area contributed by atoms with Crippen molar-refractivity contribution < 1.29 is 27.0 Å². The second kappa shape index (κ2) is 15.1. The fraction of sp³-hybridized carbons (Fsp3) is 0.233. The molecule has 0 spiro atoms. The SMILES string of the molecule is Cc1cccc2nc(-c3ccc(NC(=O)[C@@H](Cc4ccc(C(=O)CCCS(=O)(=O)O)cc4)c4ccc(-c5ccc(C(C)(C)C)cc5)cc4)cc3)oc12. The highest BCUT2D eigenvalue weighted by Crippen LogP contribution is 2.31. The lowest BCUT2D eigenvalue weighted by Crippen LogP contribution is -2.23. The van der Waals surface area contributed by atoms with Crippen LogP contribution in [-0.2, 0) is 26.7 Å². The number of amides is 1. The van der Waals surface area contributed by atoms with Crippen molar-refractivity contribution >= 4 is 38.6 Å². The van der Waals surface area contributed by atoms with Gasteiger partial charge in [-0.25, -0.2) is 4.98 Å². The van der Waals surface area contributed by atoms with Gasteiger partial charge in [-0.3, -0.25) is 14.1 Å². The molecule has 0 bridgehead atoms. The first-order chi connectivity index (χ1) is 24.7. The molecule has 1 aromatic heterocycles. The van der Waals surface area contributed by atoms with Crippen LogP contribution >= 0.6 is 0 Å². The summed E-state index contributed by atoms with van der Waals surface area (Å²) in [4.78, 5) is 31.3. The van der Waals surface area contributed by atoms with E-state index in [0.717, 1.165) is 44.5 Å². The van der Waals surface area contributed by atoms with Gasteiger partial charge in [-0.1, -0.05) is 106 Å². The monoisotopic (exact) mass is 714 g/mol. The summed E-state index contributed by atoms with van der Waals surface area (Å²) in [5.74, 6) is -0.903. The van der Waals surface area contributed by atoms with Gasteiger partial charge in [-0.05, 0) is 88.9 Å². The number of nitrogens with zero attached hydrogens (tertiary/aromatic N) is 1. The number of oxazole rings is 1. The molecule has 266 valence electrons. The Morgan fingerprint density at radius 2 is 1.42 bits per heavy atom. The summed E-state index contributed by atoms with van der Waals surface area (Å²) >= 11 is 0. The van der Waals surface area contributed by atoms with E-state index in [9.17, 15) is 18.0 Å². The average molecular weight is 715 g/mol.